The van der Waals surface area contributed by atoms with Gasteiger partial charge in [0.05, 0.1) is 0 Å². The molecular weight excluding hydrogens is 268 g/mol. The number of nitrogens with one attached hydrogen (secondary N) is 1. The summed E-state index contributed by atoms with van der Waals surface area (Å²) < 4.78 is 0. The molecule has 1 aromatic rings. The van der Waals surface area contributed by atoms with Crippen LogP contribution in [-0.2, 0) is 4.79 Å². The summed E-state index contributed by atoms with van der Waals surface area (Å²) in [6.07, 6.45) is 8.58. The third-order valence-electron chi connectivity index (χ3n) is 4.45. The molecule has 1 atom stereocenters. The van der Waals surface area contributed by atoms with Crippen LogP contribution in [0.15, 0.2) is 23.6 Å². The molecule has 1 N–H and O–H groups in total. The number of likely N-dealkylation sites (tertiary alicyclic amines) is 1. The summed E-state index contributed by atoms with van der Waals surface area (Å²) in [4.78, 5) is 15.3. The molecule has 2 fully saturated rings. The molecule has 3 nitrogen and oxygen atoms in total. The van der Waals surface area contributed by atoms with E-state index >= 15 is 0 Å². The summed E-state index contributed by atoms with van der Waals surface area (Å²) in [7, 11) is 0. The Hall–Kier alpha value is -1.13. The summed E-state index contributed by atoms with van der Waals surface area (Å²) in [6.45, 7) is 3.00. The largest absolute Gasteiger partial charge is 0.339 e. The Balaban J connectivity index is 1.48. The van der Waals surface area contributed by atoms with Crippen LogP contribution in [0.25, 0.3) is 6.08 Å². The minimum atomic E-state index is 0.163. The molecule has 2 saturated heterocycles. The molecule has 0 saturated carbocycles. The fourth-order valence-electron chi connectivity index (χ4n) is 3.28. The minimum absolute atomic E-state index is 0.163. The fraction of sp³-hybridized carbons (Fsp3) is 0.562. The molecular formula is C16H22N2OS. The van der Waals surface area contributed by atoms with Gasteiger partial charge < -0.3 is 10.2 Å². The molecule has 0 spiro atoms. The number of rotatable bonds is 3. The van der Waals surface area contributed by atoms with E-state index in [1.807, 2.05) is 28.5 Å². The lowest BCUT2D eigenvalue weighted by atomic mass is 9.88. The number of nitrogens with zero attached hydrogens (tertiary/aromatic N) is 1. The predicted octanol–water partition coefficient (Wildman–Crippen LogP) is 2.75. The van der Waals surface area contributed by atoms with Gasteiger partial charge in [-0.1, -0.05) is 6.07 Å². The van der Waals surface area contributed by atoms with Gasteiger partial charge in [0.25, 0.3) is 0 Å². The summed E-state index contributed by atoms with van der Waals surface area (Å²) in [5.41, 5.74) is 0. The molecule has 3 rings (SSSR count). The van der Waals surface area contributed by atoms with Crippen LogP contribution >= 0.6 is 11.3 Å². The van der Waals surface area contributed by atoms with E-state index in [0.29, 0.717) is 6.04 Å². The Morgan fingerprint density at radius 3 is 2.85 bits per heavy atom. The van der Waals surface area contributed by atoms with E-state index in [-0.39, 0.29) is 5.91 Å². The molecule has 0 bridgehead atoms. The third kappa shape index (κ3) is 3.30. The van der Waals surface area contributed by atoms with Gasteiger partial charge in [0.15, 0.2) is 0 Å². The lowest BCUT2D eigenvalue weighted by molar-refractivity contribution is -0.127. The van der Waals surface area contributed by atoms with Crippen molar-refractivity contribution in [2.24, 2.45) is 5.92 Å². The van der Waals surface area contributed by atoms with E-state index in [1.54, 1.807) is 17.4 Å². The quantitative estimate of drug-likeness (QED) is 0.868. The number of hydrogen-bond donors (Lipinski definition) is 1. The molecule has 2 aliphatic heterocycles. The first-order valence-electron chi connectivity index (χ1n) is 7.57. The van der Waals surface area contributed by atoms with E-state index in [0.717, 1.165) is 36.7 Å². The van der Waals surface area contributed by atoms with Gasteiger partial charge in [-0.05, 0) is 55.7 Å². The molecule has 1 unspecified atom stereocenters. The van der Waals surface area contributed by atoms with Gasteiger partial charge in [-0.25, -0.2) is 0 Å². The highest BCUT2D eigenvalue weighted by Gasteiger charge is 2.29. The second kappa shape index (κ2) is 6.55. The Bertz CT molecular complexity index is 455. The second-order valence-electron chi connectivity index (χ2n) is 5.71. The standard InChI is InChI=1S/C16H22N2OS/c19-16(6-5-14-3-2-12-20-14)18-10-7-13(8-11-18)15-4-1-9-17-15/h2-3,5-6,12-13,15,17H,1,4,7-11H2. The number of thiophene rings is 1. The Morgan fingerprint density at radius 2 is 2.20 bits per heavy atom. The summed E-state index contributed by atoms with van der Waals surface area (Å²) in [6, 6.07) is 4.75. The highest BCUT2D eigenvalue weighted by atomic mass is 32.1. The van der Waals surface area contributed by atoms with Crippen LogP contribution in [0.3, 0.4) is 0 Å². The molecule has 108 valence electrons. The van der Waals surface area contributed by atoms with Crippen molar-refractivity contribution in [1.29, 1.82) is 0 Å². The van der Waals surface area contributed by atoms with Gasteiger partial charge in [-0.15, -0.1) is 11.3 Å². The first-order chi connectivity index (χ1) is 9.83. The van der Waals surface area contributed by atoms with Gasteiger partial charge in [0, 0.05) is 30.1 Å². The van der Waals surface area contributed by atoms with E-state index < -0.39 is 0 Å². The van der Waals surface area contributed by atoms with Crippen molar-refractivity contribution in [2.75, 3.05) is 19.6 Å². The maximum absolute atomic E-state index is 12.1. The van der Waals surface area contributed by atoms with E-state index in [4.69, 9.17) is 0 Å². The van der Waals surface area contributed by atoms with Crippen LogP contribution in [0.1, 0.15) is 30.6 Å². The molecule has 0 radical (unpaired) electrons. The number of carbonyl (C=O) groups is 1. The number of piperidine rings is 1. The van der Waals surface area contributed by atoms with Crippen molar-refractivity contribution in [3.63, 3.8) is 0 Å². The maximum atomic E-state index is 12.1. The lowest BCUT2D eigenvalue weighted by Crippen LogP contribution is -2.42. The van der Waals surface area contributed by atoms with Crippen molar-refractivity contribution in [3.8, 4) is 0 Å². The summed E-state index contributed by atoms with van der Waals surface area (Å²) in [5, 5.41) is 5.63. The number of hydrogen-bond acceptors (Lipinski definition) is 3. The summed E-state index contributed by atoms with van der Waals surface area (Å²) >= 11 is 1.66. The zero-order valence-corrected chi connectivity index (χ0v) is 12.6. The predicted molar refractivity (Wildman–Crippen MR) is 83.7 cm³/mol. The first-order valence-corrected chi connectivity index (χ1v) is 8.45. The number of amides is 1. The average molecular weight is 290 g/mol. The van der Waals surface area contributed by atoms with E-state index in [9.17, 15) is 4.79 Å². The molecule has 4 heteroatoms. The molecule has 2 aliphatic rings. The molecule has 0 aromatic carbocycles. The van der Waals surface area contributed by atoms with Gasteiger partial charge in [-0.3, -0.25) is 4.79 Å². The SMILES string of the molecule is O=C(C=Cc1cccs1)N1CCC(C2CCCN2)CC1. The van der Waals surface area contributed by atoms with Crippen LogP contribution in [-0.4, -0.2) is 36.5 Å². The van der Waals surface area contributed by atoms with Gasteiger partial charge in [-0.2, -0.15) is 0 Å². The van der Waals surface area contributed by atoms with Crippen LogP contribution < -0.4 is 5.32 Å². The zero-order chi connectivity index (χ0) is 13.8. The first kappa shape index (κ1) is 13.8. The Labute approximate surface area is 124 Å². The van der Waals surface area contributed by atoms with Crippen molar-refractivity contribution in [2.45, 2.75) is 31.7 Å². The monoisotopic (exact) mass is 290 g/mol. The van der Waals surface area contributed by atoms with Crippen molar-refractivity contribution < 1.29 is 4.79 Å². The van der Waals surface area contributed by atoms with Crippen molar-refractivity contribution in [1.82, 2.24) is 10.2 Å². The molecule has 1 aromatic heterocycles. The second-order valence-corrected chi connectivity index (χ2v) is 6.69. The van der Waals surface area contributed by atoms with Gasteiger partial charge >= 0.3 is 0 Å². The van der Waals surface area contributed by atoms with Gasteiger partial charge in [0.2, 0.25) is 5.91 Å². The summed E-state index contributed by atoms with van der Waals surface area (Å²) in [5.74, 6) is 0.930. The van der Waals surface area contributed by atoms with E-state index in [2.05, 4.69) is 5.32 Å². The van der Waals surface area contributed by atoms with Crippen LogP contribution in [0.2, 0.25) is 0 Å². The lowest BCUT2D eigenvalue weighted by Gasteiger charge is -2.34. The maximum Gasteiger partial charge on any atom is 0.246 e. The van der Waals surface area contributed by atoms with Crippen LogP contribution in [0.4, 0.5) is 0 Å². The van der Waals surface area contributed by atoms with Gasteiger partial charge in [0.1, 0.15) is 0 Å². The minimum Gasteiger partial charge on any atom is -0.339 e. The van der Waals surface area contributed by atoms with Crippen LogP contribution in [0, 0.1) is 5.92 Å². The zero-order valence-electron chi connectivity index (χ0n) is 11.8. The molecule has 0 aliphatic carbocycles. The molecule has 3 heterocycles. The highest BCUT2D eigenvalue weighted by molar-refractivity contribution is 7.10. The van der Waals surface area contributed by atoms with Crippen molar-refractivity contribution >= 4 is 23.3 Å². The Kier molecular flexibility index (Phi) is 4.53. The third-order valence-corrected chi connectivity index (χ3v) is 5.29. The fourth-order valence-corrected chi connectivity index (χ4v) is 3.90. The number of carbonyl (C=O) groups excluding carboxylic acids is 1. The van der Waals surface area contributed by atoms with Crippen molar-refractivity contribution in [3.05, 3.63) is 28.5 Å². The average Bonchev–Trinajstić information content (AvgIpc) is 3.18. The van der Waals surface area contributed by atoms with E-state index in [1.165, 1.54) is 19.4 Å². The topological polar surface area (TPSA) is 32.3 Å². The Morgan fingerprint density at radius 1 is 1.35 bits per heavy atom. The molecule has 1 amide bonds. The smallest absolute Gasteiger partial charge is 0.246 e. The normalized spacial score (nSPS) is 24.6. The molecule has 20 heavy (non-hydrogen) atoms. The van der Waals surface area contributed by atoms with Crippen LogP contribution in [0.5, 0.6) is 0 Å². The highest BCUT2D eigenvalue weighted by Crippen LogP contribution is 2.25.